The first-order valence-electron chi connectivity index (χ1n) is 10.6. The summed E-state index contributed by atoms with van der Waals surface area (Å²) >= 11 is 5.37. The molecule has 2 N–H and O–H groups in total. The van der Waals surface area contributed by atoms with Crippen LogP contribution < -0.4 is 10.7 Å². The van der Waals surface area contributed by atoms with Crippen molar-refractivity contribution in [2.24, 2.45) is 5.10 Å². The summed E-state index contributed by atoms with van der Waals surface area (Å²) in [4.78, 5) is 14.6. The lowest BCUT2D eigenvalue weighted by molar-refractivity contribution is -0.135. The second-order valence-electron chi connectivity index (χ2n) is 7.87. The number of morpholine rings is 1. The predicted molar refractivity (Wildman–Crippen MR) is 132 cm³/mol. The molecule has 166 valence electrons. The Hall–Kier alpha value is -3.23. The number of amides is 1. The van der Waals surface area contributed by atoms with Crippen LogP contribution in [0.25, 0.3) is 10.9 Å². The van der Waals surface area contributed by atoms with E-state index in [1.54, 1.807) is 6.21 Å². The number of para-hydroxylation sites is 1. The monoisotopic (exact) mass is 449 g/mol. The molecule has 2 heterocycles. The first kappa shape index (κ1) is 22.0. The molecule has 0 radical (unpaired) electrons. The summed E-state index contributed by atoms with van der Waals surface area (Å²) in [6.45, 7) is 6.85. The number of thiocarbonyl (C=S) groups is 1. The summed E-state index contributed by atoms with van der Waals surface area (Å²) in [7, 11) is 0. The van der Waals surface area contributed by atoms with Gasteiger partial charge < -0.3 is 19.5 Å². The smallest absolute Gasteiger partial charge is 0.242 e. The minimum absolute atomic E-state index is 0.0921. The molecule has 3 aromatic rings. The van der Waals surface area contributed by atoms with Crippen molar-refractivity contribution in [1.82, 2.24) is 14.9 Å². The summed E-state index contributed by atoms with van der Waals surface area (Å²) in [5, 5.41) is 8.93. The molecule has 1 aliphatic rings. The van der Waals surface area contributed by atoms with Crippen LogP contribution in [-0.4, -0.2) is 53.0 Å². The second kappa shape index (κ2) is 9.93. The lowest BCUT2D eigenvalue weighted by Gasteiger charge is -2.27. The number of benzene rings is 2. The third-order valence-electron chi connectivity index (χ3n) is 5.49. The summed E-state index contributed by atoms with van der Waals surface area (Å²) in [6, 6.07) is 14.1. The number of hydrogen-bond donors (Lipinski definition) is 2. The number of hydrogen-bond acceptors (Lipinski definition) is 4. The van der Waals surface area contributed by atoms with Crippen molar-refractivity contribution in [2.75, 3.05) is 31.6 Å². The topological polar surface area (TPSA) is 70.9 Å². The molecule has 8 heteroatoms. The van der Waals surface area contributed by atoms with Gasteiger partial charge in [-0.25, -0.2) is 0 Å². The minimum Gasteiger partial charge on any atom is -0.378 e. The zero-order chi connectivity index (χ0) is 22.5. The fourth-order valence-corrected chi connectivity index (χ4v) is 3.99. The molecule has 0 atom stereocenters. The number of fused-ring (bicyclic) bond motifs is 1. The Bertz CT molecular complexity index is 1160. The molecular weight excluding hydrogens is 422 g/mol. The van der Waals surface area contributed by atoms with Gasteiger partial charge in [-0.1, -0.05) is 35.9 Å². The number of rotatable bonds is 5. The van der Waals surface area contributed by atoms with E-state index in [9.17, 15) is 4.79 Å². The number of nitrogens with zero attached hydrogens (tertiary/aromatic N) is 3. The summed E-state index contributed by atoms with van der Waals surface area (Å²) < 4.78 is 7.32. The molecule has 1 aliphatic heterocycles. The van der Waals surface area contributed by atoms with Gasteiger partial charge >= 0.3 is 0 Å². The molecule has 1 saturated heterocycles. The van der Waals surface area contributed by atoms with Crippen molar-refractivity contribution in [2.45, 2.75) is 20.4 Å². The molecule has 1 aromatic heterocycles. The van der Waals surface area contributed by atoms with Crippen LogP contribution in [0.3, 0.4) is 0 Å². The Morgan fingerprint density at radius 1 is 1.19 bits per heavy atom. The van der Waals surface area contributed by atoms with E-state index in [1.165, 1.54) is 5.56 Å². The molecule has 0 saturated carbocycles. The highest BCUT2D eigenvalue weighted by Gasteiger charge is 2.18. The highest BCUT2D eigenvalue weighted by molar-refractivity contribution is 7.80. The van der Waals surface area contributed by atoms with Crippen LogP contribution in [0.2, 0.25) is 0 Å². The van der Waals surface area contributed by atoms with E-state index in [0.29, 0.717) is 31.4 Å². The van der Waals surface area contributed by atoms with E-state index in [0.717, 1.165) is 27.7 Å². The molecule has 1 amide bonds. The Labute approximate surface area is 193 Å². The predicted octanol–water partition coefficient (Wildman–Crippen LogP) is 3.44. The van der Waals surface area contributed by atoms with Gasteiger partial charge in [0.25, 0.3) is 0 Å². The normalized spacial score (nSPS) is 14.1. The van der Waals surface area contributed by atoms with Gasteiger partial charge in [-0.3, -0.25) is 10.2 Å². The van der Waals surface area contributed by atoms with Crippen molar-refractivity contribution < 1.29 is 9.53 Å². The number of carbonyl (C=O) groups excluding carboxylic acids is 1. The molecule has 1 fully saturated rings. The molecule has 0 bridgehead atoms. The first-order chi connectivity index (χ1) is 15.5. The van der Waals surface area contributed by atoms with Crippen LogP contribution in [0.4, 0.5) is 5.69 Å². The fraction of sp³-hybridized carbons (Fsp3) is 0.292. The molecule has 32 heavy (non-hydrogen) atoms. The molecule has 0 aliphatic carbocycles. The number of hydrazone groups is 1. The van der Waals surface area contributed by atoms with Crippen LogP contribution in [0.15, 0.2) is 53.8 Å². The van der Waals surface area contributed by atoms with Crippen LogP contribution in [0.5, 0.6) is 0 Å². The lowest BCUT2D eigenvalue weighted by atomic mass is 10.1. The van der Waals surface area contributed by atoms with Crippen molar-refractivity contribution in [3.8, 4) is 0 Å². The highest BCUT2D eigenvalue weighted by Crippen LogP contribution is 2.20. The number of anilines is 1. The number of ether oxygens (including phenoxy) is 1. The molecule has 4 rings (SSSR count). The van der Waals surface area contributed by atoms with Gasteiger partial charge in [-0.05, 0) is 43.8 Å². The van der Waals surface area contributed by atoms with Gasteiger partial charge in [0.15, 0.2) is 5.11 Å². The molecular formula is C24H27N5O2S. The van der Waals surface area contributed by atoms with Crippen LogP contribution in [0.1, 0.15) is 16.7 Å². The van der Waals surface area contributed by atoms with Gasteiger partial charge in [0.2, 0.25) is 5.91 Å². The molecule has 2 aromatic carbocycles. The van der Waals surface area contributed by atoms with Crippen molar-refractivity contribution >= 4 is 46.0 Å². The maximum Gasteiger partial charge on any atom is 0.242 e. The van der Waals surface area contributed by atoms with Gasteiger partial charge in [0.1, 0.15) is 6.54 Å². The van der Waals surface area contributed by atoms with E-state index in [-0.39, 0.29) is 12.5 Å². The maximum atomic E-state index is 12.7. The Balaban J connectivity index is 1.45. The van der Waals surface area contributed by atoms with E-state index < -0.39 is 0 Å². The number of aryl methyl sites for hydroxylation is 2. The van der Waals surface area contributed by atoms with Crippen molar-refractivity contribution in [3.05, 3.63) is 65.4 Å². The molecule has 0 unspecified atom stereocenters. The third kappa shape index (κ3) is 5.15. The average Bonchev–Trinajstić information content (AvgIpc) is 3.14. The van der Waals surface area contributed by atoms with Gasteiger partial charge in [0.05, 0.1) is 19.4 Å². The standard InChI is InChI=1S/C24H27N5O2S/c1-17-7-8-21(18(2)13-17)26-24(32)27-25-14-19-15-29(22-6-4-3-5-20(19)22)16-23(30)28-9-11-31-12-10-28/h3-8,13-15H,9-12,16H2,1-2H3,(H2,26,27,32)/b25-14+. The Morgan fingerprint density at radius 3 is 2.75 bits per heavy atom. The average molecular weight is 450 g/mol. The van der Waals surface area contributed by atoms with E-state index in [4.69, 9.17) is 17.0 Å². The maximum absolute atomic E-state index is 12.7. The molecule has 0 spiro atoms. The first-order valence-corrected chi connectivity index (χ1v) is 11.0. The van der Waals surface area contributed by atoms with Gasteiger partial charge in [-0.15, -0.1) is 0 Å². The Kier molecular flexibility index (Phi) is 6.82. The fourth-order valence-electron chi connectivity index (χ4n) is 3.83. The quantitative estimate of drug-likeness (QED) is 0.355. The zero-order valence-electron chi connectivity index (χ0n) is 18.3. The second-order valence-corrected chi connectivity index (χ2v) is 8.27. The molecule has 7 nitrogen and oxygen atoms in total. The zero-order valence-corrected chi connectivity index (χ0v) is 19.1. The largest absolute Gasteiger partial charge is 0.378 e. The van der Waals surface area contributed by atoms with Crippen LogP contribution in [0, 0.1) is 13.8 Å². The van der Waals surface area contributed by atoms with Crippen molar-refractivity contribution in [1.29, 1.82) is 0 Å². The summed E-state index contributed by atoms with van der Waals surface area (Å²) in [6.07, 6.45) is 3.68. The number of aromatic nitrogens is 1. The Morgan fingerprint density at radius 2 is 1.97 bits per heavy atom. The van der Waals surface area contributed by atoms with Crippen molar-refractivity contribution in [3.63, 3.8) is 0 Å². The van der Waals surface area contributed by atoms with E-state index >= 15 is 0 Å². The van der Waals surface area contributed by atoms with E-state index in [1.807, 2.05) is 59.0 Å². The lowest BCUT2D eigenvalue weighted by Crippen LogP contribution is -2.42. The van der Waals surface area contributed by atoms with E-state index in [2.05, 4.69) is 28.8 Å². The highest BCUT2D eigenvalue weighted by atomic mass is 32.1. The van der Waals surface area contributed by atoms with Gasteiger partial charge in [-0.2, -0.15) is 5.10 Å². The summed E-state index contributed by atoms with van der Waals surface area (Å²) in [5.41, 5.74) is 8.05. The minimum atomic E-state index is 0.0921. The third-order valence-corrected chi connectivity index (χ3v) is 5.68. The number of nitrogens with one attached hydrogen (secondary N) is 2. The SMILES string of the molecule is Cc1ccc(NC(=S)N/N=C/c2cn(CC(=O)N3CCOCC3)c3ccccc23)c(C)c1. The van der Waals surface area contributed by atoms with Crippen LogP contribution in [-0.2, 0) is 16.1 Å². The number of carbonyl (C=O) groups is 1. The van der Waals surface area contributed by atoms with Gasteiger partial charge in [0, 0.05) is 41.4 Å². The summed E-state index contributed by atoms with van der Waals surface area (Å²) in [5.74, 6) is 0.0921. The van der Waals surface area contributed by atoms with Crippen LogP contribution >= 0.6 is 12.2 Å².